The van der Waals surface area contributed by atoms with Crippen molar-refractivity contribution >= 4 is 44.1 Å². The number of aromatic nitrogens is 1. The van der Waals surface area contributed by atoms with Crippen molar-refractivity contribution in [3.05, 3.63) is 70.4 Å². The van der Waals surface area contributed by atoms with Crippen molar-refractivity contribution < 1.29 is 40.6 Å². The van der Waals surface area contributed by atoms with E-state index in [1.165, 1.54) is 11.8 Å². The number of carboxylic acid groups (broad SMARTS) is 1. The van der Waals surface area contributed by atoms with E-state index in [-0.39, 0.29) is 22.0 Å². The summed E-state index contributed by atoms with van der Waals surface area (Å²) in [6.45, 7) is 2.58. The molecule has 1 aromatic heterocycles. The van der Waals surface area contributed by atoms with Crippen LogP contribution in [0, 0.1) is 5.82 Å². The van der Waals surface area contributed by atoms with Gasteiger partial charge in [0.2, 0.25) is 0 Å². The summed E-state index contributed by atoms with van der Waals surface area (Å²) in [6, 6.07) is 12.4. The number of rotatable bonds is 7. The number of hydrogen-bond donors (Lipinski definition) is 2. The molecular formula is C23H22ClF4N3O5S2. The summed E-state index contributed by atoms with van der Waals surface area (Å²) in [5, 5.41) is 8.94. The number of piperidine rings is 1. The Kier molecular flexibility index (Phi) is 9.93. The van der Waals surface area contributed by atoms with E-state index in [2.05, 4.69) is 26.7 Å². The van der Waals surface area contributed by atoms with E-state index in [9.17, 15) is 26.0 Å². The van der Waals surface area contributed by atoms with E-state index in [1.807, 2.05) is 18.2 Å². The Hall–Kier alpha value is -2.94. The number of nitrogens with one attached hydrogen (secondary N) is 1. The summed E-state index contributed by atoms with van der Waals surface area (Å²) in [4.78, 5) is 14.5. The van der Waals surface area contributed by atoms with Crippen LogP contribution in [0.4, 0.5) is 22.7 Å². The predicted molar refractivity (Wildman–Crippen MR) is 133 cm³/mol. The highest BCUT2D eigenvalue weighted by Crippen LogP contribution is 2.33. The van der Waals surface area contributed by atoms with E-state index in [0.717, 1.165) is 55.9 Å². The van der Waals surface area contributed by atoms with Crippen molar-refractivity contribution in [1.82, 2.24) is 9.88 Å². The zero-order valence-corrected chi connectivity index (χ0v) is 21.9. The molecule has 0 spiro atoms. The molecule has 1 aliphatic rings. The van der Waals surface area contributed by atoms with E-state index in [4.69, 9.17) is 26.2 Å². The van der Waals surface area contributed by atoms with E-state index in [1.54, 1.807) is 5.38 Å². The normalized spacial score (nSPS) is 14.9. The summed E-state index contributed by atoms with van der Waals surface area (Å²) >= 11 is 7.33. The first-order valence-corrected chi connectivity index (χ1v) is 13.7. The Morgan fingerprint density at radius 3 is 2.39 bits per heavy atom. The van der Waals surface area contributed by atoms with Gasteiger partial charge in [-0.1, -0.05) is 41.9 Å². The van der Waals surface area contributed by atoms with Crippen LogP contribution in [0.2, 0.25) is 5.02 Å². The van der Waals surface area contributed by atoms with Gasteiger partial charge in [-0.25, -0.2) is 22.6 Å². The average Bonchev–Trinajstić information content (AvgIpc) is 3.35. The highest BCUT2D eigenvalue weighted by atomic mass is 35.5. The molecule has 2 N–H and O–H groups in total. The summed E-state index contributed by atoms with van der Waals surface area (Å²) < 4.78 is 79.5. The van der Waals surface area contributed by atoms with Crippen LogP contribution in [0.15, 0.2) is 58.9 Å². The van der Waals surface area contributed by atoms with Crippen molar-refractivity contribution in [2.24, 2.45) is 0 Å². The molecule has 3 aromatic rings. The molecule has 2 heterocycles. The lowest BCUT2D eigenvalue weighted by Crippen LogP contribution is -2.37. The Morgan fingerprint density at radius 1 is 1.21 bits per heavy atom. The molecule has 1 aliphatic heterocycles. The third-order valence-electron chi connectivity index (χ3n) is 5.25. The molecule has 206 valence electrons. The van der Waals surface area contributed by atoms with Gasteiger partial charge in [0, 0.05) is 37.3 Å². The van der Waals surface area contributed by atoms with Crippen LogP contribution in [-0.2, 0) is 21.4 Å². The maximum atomic E-state index is 14.6. The minimum absolute atomic E-state index is 0.0487. The van der Waals surface area contributed by atoms with Crippen LogP contribution in [-0.4, -0.2) is 54.7 Å². The van der Waals surface area contributed by atoms with E-state index >= 15 is 0 Å². The molecule has 0 saturated carbocycles. The van der Waals surface area contributed by atoms with Crippen LogP contribution in [0.5, 0.6) is 5.75 Å². The Morgan fingerprint density at radius 2 is 1.84 bits per heavy atom. The minimum atomic E-state index is -5.08. The van der Waals surface area contributed by atoms with Crippen LogP contribution in [0.1, 0.15) is 18.4 Å². The molecule has 15 heteroatoms. The largest absolute Gasteiger partial charge is 0.490 e. The zero-order chi connectivity index (χ0) is 27.9. The number of ether oxygens (including phenoxy) is 1. The highest BCUT2D eigenvalue weighted by molar-refractivity contribution is 7.93. The van der Waals surface area contributed by atoms with Gasteiger partial charge in [-0.15, -0.1) is 11.3 Å². The molecule has 0 aliphatic carbocycles. The number of carbonyl (C=O) groups is 1. The number of likely N-dealkylation sites (tertiary alicyclic amines) is 1. The topological polar surface area (TPSA) is 109 Å². The Bertz CT molecular complexity index is 1320. The van der Waals surface area contributed by atoms with Crippen LogP contribution in [0.25, 0.3) is 0 Å². The monoisotopic (exact) mass is 595 g/mol. The number of anilines is 1. The van der Waals surface area contributed by atoms with Gasteiger partial charge < -0.3 is 9.84 Å². The molecule has 0 unspecified atom stereocenters. The number of nitrogens with zero attached hydrogens (tertiary/aromatic N) is 2. The fourth-order valence-electron chi connectivity index (χ4n) is 3.46. The van der Waals surface area contributed by atoms with Crippen LogP contribution >= 0.6 is 22.9 Å². The van der Waals surface area contributed by atoms with E-state index in [0.29, 0.717) is 0 Å². The number of aliphatic carboxylic acids is 1. The molecule has 8 nitrogen and oxygen atoms in total. The first-order chi connectivity index (χ1) is 17.8. The molecule has 4 rings (SSSR count). The van der Waals surface area contributed by atoms with Gasteiger partial charge in [0.05, 0.1) is 5.02 Å². The molecular weight excluding hydrogens is 574 g/mol. The van der Waals surface area contributed by atoms with Crippen molar-refractivity contribution in [3.63, 3.8) is 0 Å². The number of alkyl halides is 3. The van der Waals surface area contributed by atoms with Gasteiger partial charge in [0.15, 0.2) is 5.13 Å². The second-order valence-corrected chi connectivity index (χ2v) is 11.0. The molecule has 1 saturated heterocycles. The summed E-state index contributed by atoms with van der Waals surface area (Å²) in [6.07, 6.45) is -2.19. The number of carboxylic acids is 1. The van der Waals surface area contributed by atoms with Gasteiger partial charge in [-0.05, 0) is 24.5 Å². The van der Waals surface area contributed by atoms with Gasteiger partial charge in [0.1, 0.15) is 22.6 Å². The van der Waals surface area contributed by atoms with Gasteiger partial charge in [-0.3, -0.25) is 9.62 Å². The van der Waals surface area contributed by atoms with Crippen molar-refractivity contribution in [2.75, 3.05) is 17.8 Å². The fraction of sp³-hybridized carbons (Fsp3) is 0.304. The standard InChI is InChI=1S/C21H21ClFN3O3S2.C2HF3O2/c22-17-12-20(31(27,28)25-21-24-8-11-30-21)18(23)13-19(17)29-16-6-9-26(10-7-16)14-15-4-2-1-3-5-15;3-2(4,5)1(6)7/h1-5,8,11-13,16H,6-7,9-10,14H2,(H,24,25);(H,6,7). The van der Waals surface area contributed by atoms with Gasteiger partial charge in [0.25, 0.3) is 10.0 Å². The third kappa shape index (κ3) is 8.55. The lowest BCUT2D eigenvalue weighted by atomic mass is 10.1. The second kappa shape index (κ2) is 12.7. The first kappa shape index (κ1) is 29.6. The smallest absolute Gasteiger partial charge is 0.489 e. The molecule has 0 atom stereocenters. The lowest BCUT2D eigenvalue weighted by Gasteiger charge is -2.32. The molecule has 38 heavy (non-hydrogen) atoms. The average molecular weight is 596 g/mol. The molecule has 0 bridgehead atoms. The number of hydrogen-bond acceptors (Lipinski definition) is 7. The number of halogens is 5. The zero-order valence-electron chi connectivity index (χ0n) is 19.5. The first-order valence-electron chi connectivity index (χ1n) is 11.0. The van der Waals surface area contributed by atoms with E-state index < -0.39 is 32.9 Å². The Labute approximate surface area is 224 Å². The number of sulfonamides is 1. The predicted octanol–water partition coefficient (Wildman–Crippen LogP) is 5.41. The molecule has 0 amide bonds. The summed E-state index contributed by atoms with van der Waals surface area (Å²) in [5.41, 5.74) is 1.26. The number of thiazole rings is 1. The number of benzene rings is 2. The maximum absolute atomic E-state index is 14.6. The highest BCUT2D eigenvalue weighted by Gasteiger charge is 2.38. The van der Waals surface area contributed by atoms with Crippen LogP contribution < -0.4 is 9.46 Å². The fourth-order valence-corrected chi connectivity index (χ4v) is 5.60. The Balaban J connectivity index is 0.000000505. The SMILES string of the molecule is O=C(O)C(F)(F)F.O=S(=O)(Nc1nccs1)c1cc(Cl)c(OC2CCN(Cc3ccccc3)CC2)cc1F. The van der Waals surface area contributed by atoms with Crippen molar-refractivity contribution in [2.45, 2.75) is 36.6 Å². The van der Waals surface area contributed by atoms with Gasteiger partial charge in [-0.2, -0.15) is 13.2 Å². The van der Waals surface area contributed by atoms with Crippen LogP contribution in [0.3, 0.4) is 0 Å². The maximum Gasteiger partial charge on any atom is 0.490 e. The lowest BCUT2D eigenvalue weighted by molar-refractivity contribution is -0.192. The van der Waals surface area contributed by atoms with Gasteiger partial charge >= 0.3 is 12.1 Å². The third-order valence-corrected chi connectivity index (χ3v) is 7.72. The van der Waals surface area contributed by atoms with Crippen molar-refractivity contribution in [3.8, 4) is 5.75 Å². The summed E-state index contributed by atoms with van der Waals surface area (Å²) in [5.74, 6) is -3.54. The molecule has 2 aromatic carbocycles. The summed E-state index contributed by atoms with van der Waals surface area (Å²) in [7, 11) is -4.15. The van der Waals surface area contributed by atoms with Crippen molar-refractivity contribution in [1.29, 1.82) is 0 Å². The molecule has 0 radical (unpaired) electrons. The second-order valence-electron chi connectivity index (χ2n) is 8.04. The quantitative estimate of drug-likeness (QED) is 0.351. The minimum Gasteiger partial charge on any atom is -0.489 e. The molecule has 1 fully saturated rings.